The molecule has 32 heavy (non-hydrogen) atoms. The Labute approximate surface area is 193 Å². The third kappa shape index (κ3) is 5.88. The number of morpholine rings is 1. The van der Waals surface area contributed by atoms with Crippen molar-refractivity contribution in [3.63, 3.8) is 0 Å². The normalized spacial score (nSPS) is 18.6. The number of benzene rings is 1. The van der Waals surface area contributed by atoms with Gasteiger partial charge in [0.05, 0.1) is 19.8 Å². The fourth-order valence-electron chi connectivity index (χ4n) is 4.69. The maximum absolute atomic E-state index is 12.7. The molecule has 1 aromatic carbocycles. The van der Waals surface area contributed by atoms with Crippen molar-refractivity contribution in [3.05, 3.63) is 52.2 Å². The van der Waals surface area contributed by atoms with Crippen LogP contribution in [0.15, 0.2) is 41.8 Å². The summed E-state index contributed by atoms with van der Waals surface area (Å²) in [5.74, 6) is -0.157. The van der Waals surface area contributed by atoms with Gasteiger partial charge in [-0.15, -0.1) is 11.3 Å². The van der Waals surface area contributed by atoms with Crippen LogP contribution < -0.4 is 16.0 Å². The standard InChI is InChI=1S/C24H32N4O3S/c29-22(25-17-21-8-5-15-32-21)19-6-4-7-20(16-19)27-23(30)26-18-24(9-2-1-3-10-24)28-11-13-31-14-12-28/h4-8,15-16H,1-3,9-14,17-18H2,(H,25,29)(H2,26,27,30). The van der Waals surface area contributed by atoms with Crippen LogP contribution in [-0.4, -0.2) is 55.2 Å². The van der Waals surface area contributed by atoms with Gasteiger partial charge in [0.25, 0.3) is 5.91 Å². The van der Waals surface area contributed by atoms with Crippen molar-refractivity contribution in [1.29, 1.82) is 0 Å². The molecule has 1 saturated heterocycles. The highest BCUT2D eigenvalue weighted by atomic mass is 32.1. The van der Waals surface area contributed by atoms with Gasteiger partial charge in [-0.2, -0.15) is 0 Å². The molecule has 0 unspecified atom stereocenters. The summed E-state index contributed by atoms with van der Waals surface area (Å²) in [6.45, 7) is 4.49. The molecule has 0 spiro atoms. The Bertz CT molecular complexity index is 890. The Hall–Kier alpha value is -2.42. The zero-order chi connectivity index (χ0) is 22.2. The van der Waals surface area contributed by atoms with Crippen LogP contribution in [0.3, 0.4) is 0 Å². The van der Waals surface area contributed by atoms with Gasteiger partial charge in [0, 0.05) is 41.3 Å². The van der Waals surface area contributed by atoms with Crippen LogP contribution >= 0.6 is 11.3 Å². The Balaban J connectivity index is 1.32. The number of ether oxygens (including phenoxy) is 1. The third-order valence-corrected chi connectivity index (χ3v) is 7.31. The van der Waals surface area contributed by atoms with Gasteiger partial charge >= 0.3 is 6.03 Å². The van der Waals surface area contributed by atoms with E-state index >= 15 is 0 Å². The van der Waals surface area contributed by atoms with Gasteiger partial charge in [0.15, 0.2) is 0 Å². The number of amides is 3. The average molecular weight is 457 g/mol. The van der Waals surface area contributed by atoms with Crippen LogP contribution in [0.1, 0.15) is 47.3 Å². The molecule has 7 nitrogen and oxygen atoms in total. The molecule has 0 bridgehead atoms. The van der Waals surface area contributed by atoms with Crippen molar-refractivity contribution in [2.45, 2.75) is 44.2 Å². The minimum Gasteiger partial charge on any atom is -0.379 e. The van der Waals surface area contributed by atoms with E-state index in [-0.39, 0.29) is 17.5 Å². The number of thiophene rings is 1. The number of urea groups is 1. The zero-order valence-corrected chi connectivity index (χ0v) is 19.2. The molecule has 0 radical (unpaired) electrons. The van der Waals surface area contributed by atoms with E-state index in [0.29, 0.717) is 24.3 Å². The summed E-state index contributed by atoms with van der Waals surface area (Å²) in [4.78, 5) is 28.8. The summed E-state index contributed by atoms with van der Waals surface area (Å²) in [6.07, 6.45) is 5.87. The molecule has 2 heterocycles. The highest BCUT2D eigenvalue weighted by Crippen LogP contribution is 2.33. The number of nitrogens with zero attached hydrogens (tertiary/aromatic N) is 1. The summed E-state index contributed by atoms with van der Waals surface area (Å²) in [7, 11) is 0. The van der Waals surface area contributed by atoms with Gasteiger partial charge in [-0.1, -0.05) is 31.4 Å². The number of anilines is 1. The smallest absolute Gasteiger partial charge is 0.319 e. The summed E-state index contributed by atoms with van der Waals surface area (Å²) in [6, 6.07) is 10.8. The molecular formula is C24H32N4O3S. The van der Waals surface area contributed by atoms with Crippen molar-refractivity contribution in [3.8, 4) is 0 Å². The topological polar surface area (TPSA) is 82.7 Å². The van der Waals surface area contributed by atoms with E-state index < -0.39 is 0 Å². The van der Waals surface area contributed by atoms with E-state index in [4.69, 9.17) is 4.74 Å². The molecule has 0 atom stereocenters. The summed E-state index contributed by atoms with van der Waals surface area (Å²) in [5, 5.41) is 10.9. The lowest BCUT2D eigenvalue weighted by atomic mass is 9.80. The molecule has 1 aliphatic carbocycles. The minimum absolute atomic E-state index is 0.0168. The van der Waals surface area contributed by atoms with Crippen molar-refractivity contribution in [1.82, 2.24) is 15.5 Å². The summed E-state index contributed by atoms with van der Waals surface area (Å²) in [5.41, 5.74) is 1.15. The second kappa shape index (κ2) is 10.9. The lowest BCUT2D eigenvalue weighted by Gasteiger charge is -2.48. The fraction of sp³-hybridized carbons (Fsp3) is 0.500. The number of carbonyl (C=O) groups excluding carboxylic acids is 2. The predicted octanol–water partition coefficient (Wildman–Crippen LogP) is 3.83. The van der Waals surface area contributed by atoms with E-state index in [1.54, 1.807) is 35.6 Å². The minimum atomic E-state index is -0.237. The van der Waals surface area contributed by atoms with Gasteiger partial charge < -0.3 is 20.7 Å². The first-order valence-corrected chi connectivity index (χ1v) is 12.3. The molecule has 2 fully saturated rings. The SMILES string of the molecule is O=C(NCC1(N2CCOCC2)CCCCC1)Nc1cccc(C(=O)NCc2cccs2)c1. The molecule has 4 rings (SSSR count). The highest BCUT2D eigenvalue weighted by Gasteiger charge is 2.38. The number of nitrogens with one attached hydrogen (secondary N) is 3. The van der Waals surface area contributed by atoms with Crippen molar-refractivity contribution >= 4 is 29.0 Å². The predicted molar refractivity (Wildman–Crippen MR) is 127 cm³/mol. The van der Waals surface area contributed by atoms with Crippen LogP contribution in [0.2, 0.25) is 0 Å². The fourth-order valence-corrected chi connectivity index (χ4v) is 5.34. The van der Waals surface area contributed by atoms with Crippen LogP contribution in [0, 0.1) is 0 Å². The Morgan fingerprint density at radius 3 is 2.59 bits per heavy atom. The number of hydrogen-bond acceptors (Lipinski definition) is 5. The van der Waals surface area contributed by atoms with E-state index in [9.17, 15) is 9.59 Å². The van der Waals surface area contributed by atoms with Gasteiger partial charge in [0.1, 0.15) is 0 Å². The van der Waals surface area contributed by atoms with Crippen molar-refractivity contribution in [2.75, 3.05) is 38.2 Å². The largest absolute Gasteiger partial charge is 0.379 e. The molecule has 2 aliphatic rings. The van der Waals surface area contributed by atoms with E-state index in [2.05, 4.69) is 20.9 Å². The first kappa shape index (κ1) is 22.8. The molecule has 1 aliphatic heterocycles. The lowest BCUT2D eigenvalue weighted by molar-refractivity contribution is -0.0356. The zero-order valence-electron chi connectivity index (χ0n) is 18.4. The van der Waals surface area contributed by atoms with Crippen molar-refractivity contribution < 1.29 is 14.3 Å². The van der Waals surface area contributed by atoms with Crippen LogP contribution in [0.4, 0.5) is 10.5 Å². The van der Waals surface area contributed by atoms with E-state index in [1.807, 2.05) is 17.5 Å². The molecule has 2 aromatic rings. The number of carbonyl (C=O) groups is 2. The molecule has 3 N–H and O–H groups in total. The van der Waals surface area contributed by atoms with Crippen LogP contribution in [0.25, 0.3) is 0 Å². The van der Waals surface area contributed by atoms with Crippen LogP contribution in [0.5, 0.6) is 0 Å². The lowest BCUT2D eigenvalue weighted by Crippen LogP contribution is -2.60. The molecule has 3 amide bonds. The Kier molecular flexibility index (Phi) is 7.78. The van der Waals surface area contributed by atoms with Gasteiger partial charge in [-0.05, 0) is 42.5 Å². The summed E-state index contributed by atoms with van der Waals surface area (Å²) < 4.78 is 5.54. The molecule has 1 aromatic heterocycles. The Morgan fingerprint density at radius 2 is 1.84 bits per heavy atom. The van der Waals surface area contributed by atoms with Gasteiger partial charge in [0.2, 0.25) is 0 Å². The van der Waals surface area contributed by atoms with Crippen LogP contribution in [-0.2, 0) is 11.3 Å². The second-order valence-corrected chi connectivity index (χ2v) is 9.57. The first-order valence-electron chi connectivity index (χ1n) is 11.4. The molecular weight excluding hydrogens is 424 g/mol. The quantitative estimate of drug-likeness (QED) is 0.591. The molecule has 172 valence electrons. The van der Waals surface area contributed by atoms with Gasteiger partial charge in [-0.25, -0.2) is 4.79 Å². The monoisotopic (exact) mass is 456 g/mol. The number of hydrogen-bond donors (Lipinski definition) is 3. The highest BCUT2D eigenvalue weighted by molar-refractivity contribution is 7.09. The molecule has 8 heteroatoms. The number of rotatable bonds is 7. The van der Waals surface area contributed by atoms with E-state index in [1.165, 1.54) is 19.3 Å². The second-order valence-electron chi connectivity index (χ2n) is 8.53. The first-order chi connectivity index (χ1) is 15.6. The van der Waals surface area contributed by atoms with Gasteiger partial charge in [-0.3, -0.25) is 9.69 Å². The average Bonchev–Trinajstić information content (AvgIpc) is 3.36. The van der Waals surface area contributed by atoms with E-state index in [0.717, 1.165) is 44.0 Å². The van der Waals surface area contributed by atoms with Crippen molar-refractivity contribution in [2.24, 2.45) is 0 Å². The maximum Gasteiger partial charge on any atom is 0.319 e. The summed E-state index contributed by atoms with van der Waals surface area (Å²) >= 11 is 1.61. The maximum atomic E-state index is 12.7. The third-order valence-electron chi connectivity index (χ3n) is 6.43. The molecule has 1 saturated carbocycles. The Morgan fingerprint density at radius 1 is 1.03 bits per heavy atom.